The lowest BCUT2D eigenvalue weighted by Gasteiger charge is -2.09. The number of hydrogen-bond donors (Lipinski definition) is 1. The molecule has 0 unspecified atom stereocenters. The van der Waals surface area contributed by atoms with Crippen molar-refractivity contribution in [3.63, 3.8) is 0 Å². The third-order valence-corrected chi connectivity index (χ3v) is 4.46. The Labute approximate surface area is 160 Å². The van der Waals surface area contributed by atoms with Gasteiger partial charge in [-0.15, -0.1) is 0 Å². The maximum atomic E-state index is 13.4. The van der Waals surface area contributed by atoms with Gasteiger partial charge in [0.05, 0.1) is 12.2 Å². The Morgan fingerprint density at radius 1 is 1.15 bits per heavy atom. The van der Waals surface area contributed by atoms with E-state index in [9.17, 15) is 9.18 Å². The Morgan fingerprint density at radius 2 is 1.92 bits per heavy atom. The first-order chi connectivity index (χ1) is 12.4. The molecule has 0 fully saturated rings. The average Bonchev–Trinajstić information content (AvgIpc) is 2.89. The van der Waals surface area contributed by atoms with Crippen LogP contribution in [-0.4, -0.2) is 15.7 Å². The molecule has 0 aliphatic carbocycles. The molecule has 1 aromatic heterocycles. The molecule has 0 atom stereocenters. The number of carbonyl (C=O) groups is 1. The van der Waals surface area contributed by atoms with Crippen molar-refractivity contribution < 1.29 is 9.18 Å². The summed E-state index contributed by atoms with van der Waals surface area (Å²) in [5.74, 6) is -0.759. The molecule has 26 heavy (non-hydrogen) atoms. The van der Waals surface area contributed by atoms with Gasteiger partial charge in [-0.2, -0.15) is 5.10 Å². The summed E-state index contributed by atoms with van der Waals surface area (Å²) >= 11 is 3.20. The topological polar surface area (TPSA) is 46.9 Å². The molecule has 0 radical (unpaired) electrons. The van der Waals surface area contributed by atoms with Crippen LogP contribution in [0.25, 0.3) is 0 Å². The Kier molecular flexibility index (Phi) is 5.52. The molecule has 0 saturated heterocycles. The van der Waals surface area contributed by atoms with Gasteiger partial charge >= 0.3 is 0 Å². The molecule has 4 nitrogen and oxygen atoms in total. The van der Waals surface area contributed by atoms with Gasteiger partial charge in [0.25, 0.3) is 5.91 Å². The molecule has 1 heterocycles. The van der Waals surface area contributed by atoms with Crippen molar-refractivity contribution >= 4 is 21.8 Å². The maximum absolute atomic E-state index is 13.4. The van der Waals surface area contributed by atoms with E-state index < -0.39 is 5.82 Å². The first kappa shape index (κ1) is 18.3. The summed E-state index contributed by atoms with van der Waals surface area (Å²) in [6.07, 6.45) is 0. The zero-order valence-electron chi connectivity index (χ0n) is 14.6. The quantitative estimate of drug-likeness (QED) is 0.671. The molecule has 3 aromatic rings. The molecule has 3 rings (SSSR count). The van der Waals surface area contributed by atoms with Crippen LogP contribution in [0.5, 0.6) is 0 Å². The molecule has 2 aromatic carbocycles. The predicted molar refractivity (Wildman–Crippen MR) is 103 cm³/mol. The number of nitrogens with one attached hydrogen (secondary N) is 1. The number of aromatic nitrogens is 2. The molecular weight excluding hydrogens is 397 g/mol. The number of benzene rings is 2. The van der Waals surface area contributed by atoms with Gasteiger partial charge in [0.15, 0.2) is 0 Å². The van der Waals surface area contributed by atoms with Crippen LogP contribution in [0.2, 0.25) is 0 Å². The summed E-state index contributed by atoms with van der Waals surface area (Å²) in [7, 11) is 0. The van der Waals surface area contributed by atoms with Gasteiger partial charge in [-0.1, -0.05) is 40.2 Å². The molecule has 0 aliphatic heterocycles. The lowest BCUT2D eigenvalue weighted by molar-refractivity contribution is 0.0950. The van der Waals surface area contributed by atoms with Crippen LogP contribution in [0, 0.1) is 19.7 Å². The van der Waals surface area contributed by atoms with Gasteiger partial charge in [0.1, 0.15) is 5.82 Å². The lowest BCUT2D eigenvalue weighted by Crippen LogP contribution is -2.23. The fraction of sp³-hybridized carbons (Fsp3) is 0.200. The summed E-state index contributed by atoms with van der Waals surface area (Å²) in [5, 5.41) is 7.30. The molecule has 6 heteroatoms. The van der Waals surface area contributed by atoms with Crippen molar-refractivity contribution in [1.82, 2.24) is 15.1 Å². The van der Waals surface area contributed by atoms with Crippen molar-refractivity contribution in [3.8, 4) is 0 Å². The Hall–Kier alpha value is -2.47. The molecule has 0 spiro atoms. The van der Waals surface area contributed by atoms with Crippen LogP contribution in [0.3, 0.4) is 0 Å². The number of rotatable bonds is 5. The highest BCUT2D eigenvalue weighted by atomic mass is 79.9. The fourth-order valence-corrected chi connectivity index (χ4v) is 3.28. The Morgan fingerprint density at radius 3 is 2.62 bits per heavy atom. The van der Waals surface area contributed by atoms with E-state index in [0.717, 1.165) is 22.5 Å². The smallest absolute Gasteiger partial charge is 0.251 e. The first-order valence-electron chi connectivity index (χ1n) is 8.24. The van der Waals surface area contributed by atoms with E-state index in [1.54, 1.807) is 6.07 Å². The van der Waals surface area contributed by atoms with E-state index in [2.05, 4.69) is 26.3 Å². The van der Waals surface area contributed by atoms with Crippen molar-refractivity contribution in [3.05, 3.63) is 86.9 Å². The van der Waals surface area contributed by atoms with Crippen molar-refractivity contribution in [2.75, 3.05) is 0 Å². The normalized spacial score (nSPS) is 10.8. The van der Waals surface area contributed by atoms with E-state index in [-0.39, 0.29) is 11.5 Å². The first-order valence-corrected chi connectivity index (χ1v) is 9.03. The highest BCUT2D eigenvalue weighted by Gasteiger charge is 2.09. The summed E-state index contributed by atoms with van der Waals surface area (Å²) in [6, 6.07) is 14.2. The van der Waals surface area contributed by atoms with Crippen LogP contribution in [-0.2, 0) is 13.1 Å². The highest BCUT2D eigenvalue weighted by Crippen LogP contribution is 2.15. The summed E-state index contributed by atoms with van der Waals surface area (Å²) in [5.41, 5.74) is 4.48. The highest BCUT2D eigenvalue weighted by molar-refractivity contribution is 9.10. The number of halogens is 2. The van der Waals surface area contributed by atoms with Gasteiger partial charge in [-0.3, -0.25) is 9.48 Å². The average molecular weight is 416 g/mol. The number of amides is 1. The third-order valence-electron chi connectivity index (χ3n) is 4.00. The Balaban J connectivity index is 1.67. The largest absolute Gasteiger partial charge is 0.348 e. The predicted octanol–water partition coefficient (Wildman–Crippen LogP) is 4.38. The van der Waals surface area contributed by atoms with Gasteiger partial charge in [-0.25, -0.2) is 4.39 Å². The molecule has 1 amide bonds. The van der Waals surface area contributed by atoms with Crippen molar-refractivity contribution in [2.45, 2.75) is 26.9 Å². The summed E-state index contributed by atoms with van der Waals surface area (Å²) < 4.78 is 15.9. The van der Waals surface area contributed by atoms with Crippen molar-refractivity contribution in [2.24, 2.45) is 0 Å². The fourth-order valence-electron chi connectivity index (χ4n) is 2.82. The van der Waals surface area contributed by atoms with E-state index in [1.807, 2.05) is 48.9 Å². The Bertz CT molecular complexity index is 932. The second kappa shape index (κ2) is 7.83. The molecule has 134 valence electrons. The van der Waals surface area contributed by atoms with Crippen LogP contribution >= 0.6 is 15.9 Å². The maximum Gasteiger partial charge on any atom is 0.251 e. The lowest BCUT2D eigenvalue weighted by atomic mass is 10.1. The number of carbonyl (C=O) groups excluding carboxylic acids is 1. The van der Waals surface area contributed by atoms with Gasteiger partial charge in [0.2, 0.25) is 0 Å². The number of aryl methyl sites for hydroxylation is 2. The van der Waals surface area contributed by atoms with Crippen LogP contribution < -0.4 is 5.32 Å². The molecule has 1 N–H and O–H groups in total. The van der Waals surface area contributed by atoms with Gasteiger partial charge in [0, 0.05) is 22.3 Å². The second-order valence-electron chi connectivity index (χ2n) is 6.25. The van der Waals surface area contributed by atoms with Crippen LogP contribution in [0.15, 0.2) is 53.0 Å². The zero-order valence-corrected chi connectivity index (χ0v) is 16.2. The third kappa shape index (κ3) is 4.58. The van der Waals surface area contributed by atoms with E-state index in [1.165, 1.54) is 12.1 Å². The second-order valence-corrected chi connectivity index (χ2v) is 7.16. The van der Waals surface area contributed by atoms with E-state index in [0.29, 0.717) is 17.6 Å². The minimum absolute atomic E-state index is 0.288. The SMILES string of the molecule is Cc1cc(C)n(Cc2cccc(CNC(=O)c3cc(F)cc(Br)c3)c2)n1. The molecule has 0 bridgehead atoms. The standard InChI is InChI=1S/C20H19BrFN3O/c1-13-6-14(2)25(24-13)12-16-5-3-4-15(7-16)11-23-20(26)17-8-18(21)10-19(22)9-17/h3-10H,11-12H2,1-2H3,(H,23,26). The van der Waals surface area contributed by atoms with E-state index >= 15 is 0 Å². The molecular formula is C20H19BrFN3O. The minimum Gasteiger partial charge on any atom is -0.348 e. The van der Waals surface area contributed by atoms with Crippen LogP contribution in [0.4, 0.5) is 4.39 Å². The number of hydrogen-bond acceptors (Lipinski definition) is 2. The molecule has 0 saturated carbocycles. The number of nitrogens with zero attached hydrogens (tertiary/aromatic N) is 2. The minimum atomic E-state index is -0.448. The van der Waals surface area contributed by atoms with Crippen molar-refractivity contribution in [1.29, 1.82) is 0 Å². The summed E-state index contributed by atoms with van der Waals surface area (Å²) in [4.78, 5) is 12.2. The molecule has 0 aliphatic rings. The van der Waals surface area contributed by atoms with Crippen LogP contribution in [0.1, 0.15) is 32.9 Å². The van der Waals surface area contributed by atoms with E-state index in [4.69, 9.17) is 0 Å². The summed E-state index contributed by atoms with van der Waals surface area (Å²) in [6.45, 7) is 5.05. The van der Waals surface area contributed by atoms with Gasteiger partial charge in [-0.05, 0) is 49.2 Å². The van der Waals surface area contributed by atoms with Gasteiger partial charge < -0.3 is 5.32 Å². The monoisotopic (exact) mass is 415 g/mol. The zero-order chi connectivity index (χ0) is 18.7.